The summed E-state index contributed by atoms with van der Waals surface area (Å²) in [4.78, 5) is 7.88. The predicted molar refractivity (Wildman–Crippen MR) is 67.2 cm³/mol. The summed E-state index contributed by atoms with van der Waals surface area (Å²) < 4.78 is 12.0. The smallest absolute Gasteiger partial charge is 0.138 e. The van der Waals surface area contributed by atoms with E-state index in [9.17, 15) is 0 Å². The molecule has 19 heavy (non-hydrogen) atoms. The number of benzene rings is 1. The largest absolute Gasteiger partial charge is 0.223 e. The molecule has 0 aliphatic carbocycles. The van der Waals surface area contributed by atoms with Crippen molar-refractivity contribution in [3.05, 3.63) is 37.4 Å². The molecule has 9 heteroatoms. The first-order valence-electron chi connectivity index (χ1n) is 5.39. The van der Waals surface area contributed by atoms with Crippen molar-refractivity contribution in [1.82, 2.24) is 38.3 Å². The van der Waals surface area contributed by atoms with Crippen LogP contribution in [-0.2, 0) is 0 Å². The normalized spacial score (nSPS) is 11.2. The van der Waals surface area contributed by atoms with Crippen molar-refractivity contribution in [1.29, 1.82) is 0 Å². The number of fused-ring (bicyclic) bond motifs is 1. The molecule has 0 aliphatic rings. The summed E-state index contributed by atoms with van der Waals surface area (Å²) in [6.45, 7) is 0. The van der Waals surface area contributed by atoms with Crippen LogP contribution in [0.5, 0.6) is 0 Å². The van der Waals surface area contributed by atoms with E-state index in [0.717, 1.165) is 34.1 Å². The van der Waals surface area contributed by atoms with Gasteiger partial charge < -0.3 is 0 Å². The maximum absolute atomic E-state index is 4.33. The Morgan fingerprint density at radius 2 is 1.32 bits per heavy atom. The van der Waals surface area contributed by atoms with Crippen molar-refractivity contribution in [3.63, 3.8) is 0 Å². The second kappa shape index (κ2) is 3.92. The highest BCUT2D eigenvalue weighted by Gasteiger charge is 2.13. The van der Waals surface area contributed by atoms with Crippen LogP contribution in [0.1, 0.15) is 0 Å². The molecule has 4 rings (SSSR count). The minimum absolute atomic E-state index is 0.767. The Labute approximate surface area is 110 Å². The van der Waals surface area contributed by atoms with E-state index >= 15 is 0 Å². The number of aromatic nitrogens is 8. The lowest BCUT2D eigenvalue weighted by Crippen LogP contribution is -2.00. The van der Waals surface area contributed by atoms with Crippen molar-refractivity contribution in [3.8, 4) is 11.4 Å². The van der Waals surface area contributed by atoms with Gasteiger partial charge in [-0.15, -0.1) is 0 Å². The first-order valence-corrected chi connectivity index (χ1v) is 6.12. The maximum atomic E-state index is 4.33. The quantitative estimate of drug-likeness (QED) is 0.536. The van der Waals surface area contributed by atoms with Crippen LogP contribution in [0.25, 0.3) is 22.4 Å². The minimum atomic E-state index is 0.767. The zero-order chi connectivity index (χ0) is 12.7. The van der Waals surface area contributed by atoms with E-state index < -0.39 is 0 Å². The Balaban J connectivity index is 2.01. The summed E-state index contributed by atoms with van der Waals surface area (Å²) in [7, 11) is 0. The SMILES string of the molecule is c1ncn(-c2ccc(-n3cncn3)c3nsnc23)n1. The fourth-order valence-electron chi connectivity index (χ4n) is 1.88. The van der Waals surface area contributed by atoms with Gasteiger partial charge in [0.15, 0.2) is 0 Å². The molecule has 0 saturated carbocycles. The lowest BCUT2D eigenvalue weighted by Gasteiger charge is -2.05. The molecule has 92 valence electrons. The number of hydrogen-bond acceptors (Lipinski definition) is 7. The van der Waals surface area contributed by atoms with E-state index in [1.54, 1.807) is 22.0 Å². The van der Waals surface area contributed by atoms with Crippen LogP contribution in [0.15, 0.2) is 37.4 Å². The van der Waals surface area contributed by atoms with Crippen LogP contribution in [-0.4, -0.2) is 38.3 Å². The third-order valence-electron chi connectivity index (χ3n) is 2.70. The van der Waals surface area contributed by atoms with Crippen LogP contribution in [0, 0.1) is 0 Å². The molecular formula is C10H6N8S. The Morgan fingerprint density at radius 3 is 1.74 bits per heavy atom. The van der Waals surface area contributed by atoms with E-state index in [1.165, 1.54) is 12.7 Å². The van der Waals surface area contributed by atoms with Gasteiger partial charge in [0.2, 0.25) is 0 Å². The van der Waals surface area contributed by atoms with Crippen LogP contribution < -0.4 is 0 Å². The minimum Gasteiger partial charge on any atom is -0.223 e. The first-order chi connectivity index (χ1) is 9.43. The van der Waals surface area contributed by atoms with E-state index in [2.05, 4.69) is 28.9 Å². The Morgan fingerprint density at radius 1 is 0.789 bits per heavy atom. The van der Waals surface area contributed by atoms with Crippen molar-refractivity contribution < 1.29 is 0 Å². The van der Waals surface area contributed by atoms with E-state index in [0.29, 0.717) is 0 Å². The summed E-state index contributed by atoms with van der Waals surface area (Å²) in [6, 6.07) is 3.82. The monoisotopic (exact) mass is 270 g/mol. The van der Waals surface area contributed by atoms with Gasteiger partial charge in [-0.3, -0.25) is 0 Å². The molecule has 0 amide bonds. The average Bonchev–Trinajstić information content (AvgIpc) is 3.19. The average molecular weight is 270 g/mol. The molecule has 0 radical (unpaired) electrons. The molecule has 1 aromatic carbocycles. The molecule has 4 aromatic rings. The molecular weight excluding hydrogens is 264 g/mol. The molecule has 0 aliphatic heterocycles. The van der Waals surface area contributed by atoms with Crippen LogP contribution in [0.2, 0.25) is 0 Å². The van der Waals surface area contributed by atoms with E-state index in [-0.39, 0.29) is 0 Å². The molecule has 3 heterocycles. The van der Waals surface area contributed by atoms with Gasteiger partial charge in [-0.2, -0.15) is 18.9 Å². The summed E-state index contributed by atoms with van der Waals surface area (Å²) in [5.41, 5.74) is 3.21. The van der Waals surface area contributed by atoms with Crippen LogP contribution in [0.3, 0.4) is 0 Å². The first kappa shape index (κ1) is 10.3. The molecule has 0 spiro atoms. The third kappa shape index (κ3) is 1.52. The van der Waals surface area contributed by atoms with Crippen LogP contribution in [0.4, 0.5) is 0 Å². The van der Waals surface area contributed by atoms with Crippen molar-refractivity contribution in [2.24, 2.45) is 0 Å². The lowest BCUT2D eigenvalue weighted by molar-refractivity contribution is 0.871. The van der Waals surface area contributed by atoms with Gasteiger partial charge in [-0.25, -0.2) is 19.3 Å². The van der Waals surface area contributed by atoms with Gasteiger partial charge in [0.05, 0.1) is 23.1 Å². The molecule has 0 bridgehead atoms. The van der Waals surface area contributed by atoms with Gasteiger partial charge in [0, 0.05) is 0 Å². The molecule has 0 fully saturated rings. The summed E-state index contributed by atoms with van der Waals surface area (Å²) in [5.74, 6) is 0. The maximum Gasteiger partial charge on any atom is 0.138 e. The number of nitrogens with zero attached hydrogens (tertiary/aromatic N) is 8. The highest BCUT2D eigenvalue weighted by atomic mass is 32.1. The van der Waals surface area contributed by atoms with Gasteiger partial charge in [0.25, 0.3) is 0 Å². The fraction of sp³-hybridized carbons (Fsp3) is 0. The molecule has 0 atom stereocenters. The van der Waals surface area contributed by atoms with Gasteiger partial charge in [-0.1, -0.05) is 0 Å². The Bertz CT molecular complexity index is 748. The van der Waals surface area contributed by atoms with Crippen molar-refractivity contribution >= 4 is 22.8 Å². The number of rotatable bonds is 2. The predicted octanol–water partition coefficient (Wildman–Crippen LogP) is 0.853. The summed E-state index contributed by atoms with van der Waals surface area (Å²) in [5, 5.41) is 8.23. The summed E-state index contributed by atoms with van der Waals surface area (Å²) >= 11 is 1.15. The fourth-order valence-corrected chi connectivity index (χ4v) is 2.44. The Kier molecular flexibility index (Phi) is 2.12. The zero-order valence-electron chi connectivity index (χ0n) is 9.45. The van der Waals surface area contributed by atoms with E-state index in [1.807, 2.05) is 12.1 Å². The second-order valence-electron chi connectivity index (χ2n) is 3.75. The Hall–Kier alpha value is -2.68. The zero-order valence-corrected chi connectivity index (χ0v) is 10.3. The molecule has 8 nitrogen and oxygen atoms in total. The molecule has 0 N–H and O–H groups in total. The van der Waals surface area contributed by atoms with Gasteiger partial charge in [-0.05, 0) is 12.1 Å². The van der Waals surface area contributed by atoms with Crippen molar-refractivity contribution in [2.75, 3.05) is 0 Å². The highest BCUT2D eigenvalue weighted by molar-refractivity contribution is 7.00. The van der Waals surface area contributed by atoms with E-state index in [4.69, 9.17) is 0 Å². The van der Waals surface area contributed by atoms with Gasteiger partial charge >= 0.3 is 0 Å². The lowest BCUT2D eigenvalue weighted by atomic mass is 10.2. The summed E-state index contributed by atoms with van der Waals surface area (Å²) in [6.07, 6.45) is 6.22. The topological polar surface area (TPSA) is 87.2 Å². The number of hydrogen-bond donors (Lipinski definition) is 0. The highest BCUT2D eigenvalue weighted by Crippen LogP contribution is 2.25. The van der Waals surface area contributed by atoms with Crippen molar-refractivity contribution in [2.45, 2.75) is 0 Å². The third-order valence-corrected chi connectivity index (χ3v) is 3.23. The standard InChI is InChI=1S/C10H6N8S/c1-2-8(18-6-12-4-14-18)10-9(15-19-16-10)7(1)17-5-11-3-13-17/h1-6H. The molecule has 0 unspecified atom stereocenters. The van der Waals surface area contributed by atoms with Gasteiger partial charge in [0.1, 0.15) is 36.3 Å². The molecule has 0 saturated heterocycles. The van der Waals surface area contributed by atoms with Crippen LogP contribution >= 0.6 is 11.7 Å². The molecule has 3 aromatic heterocycles. The second-order valence-corrected chi connectivity index (χ2v) is 4.27.